The summed E-state index contributed by atoms with van der Waals surface area (Å²) in [6.45, 7) is 0. The van der Waals surface area contributed by atoms with E-state index in [2.05, 4.69) is 9.97 Å². The molecule has 0 unspecified atom stereocenters. The van der Waals surface area contributed by atoms with E-state index in [4.69, 9.17) is 4.74 Å². The molecule has 2 aliphatic rings. The maximum atomic E-state index is 11.5. The van der Waals surface area contributed by atoms with Crippen molar-refractivity contribution in [3.8, 4) is 0 Å². The van der Waals surface area contributed by atoms with Crippen LogP contribution in [-0.2, 0) is 22.4 Å². The van der Waals surface area contributed by atoms with Gasteiger partial charge in [0.2, 0.25) is 0 Å². The zero-order valence-electron chi connectivity index (χ0n) is 12.6. The fourth-order valence-corrected chi connectivity index (χ4v) is 4.29. The SMILES string of the molecule is COC(=O)CC1(CSc2ncnc3c2CCCCC3)CC1. The van der Waals surface area contributed by atoms with Crippen LogP contribution < -0.4 is 0 Å². The van der Waals surface area contributed by atoms with Gasteiger partial charge < -0.3 is 4.74 Å². The average Bonchev–Trinajstić information content (AvgIpc) is 3.28. The predicted octanol–water partition coefficient (Wildman–Crippen LogP) is 3.18. The van der Waals surface area contributed by atoms with Crippen molar-refractivity contribution in [2.24, 2.45) is 5.41 Å². The van der Waals surface area contributed by atoms with Crippen LogP contribution in [0.5, 0.6) is 0 Å². The molecule has 1 saturated carbocycles. The van der Waals surface area contributed by atoms with Gasteiger partial charge in [0.1, 0.15) is 11.4 Å². The van der Waals surface area contributed by atoms with Gasteiger partial charge in [-0.25, -0.2) is 9.97 Å². The number of hydrogen-bond acceptors (Lipinski definition) is 5. The number of carbonyl (C=O) groups is 1. The van der Waals surface area contributed by atoms with Gasteiger partial charge in [-0.3, -0.25) is 4.79 Å². The van der Waals surface area contributed by atoms with Crippen molar-refractivity contribution in [1.29, 1.82) is 0 Å². The topological polar surface area (TPSA) is 52.1 Å². The molecule has 0 N–H and O–H groups in total. The number of aromatic nitrogens is 2. The van der Waals surface area contributed by atoms with E-state index in [1.807, 2.05) is 11.8 Å². The quantitative estimate of drug-likeness (QED) is 0.362. The number of carbonyl (C=O) groups excluding carboxylic acids is 1. The molecule has 5 heteroatoms. The lowest BCUT2D eigenvalue weighted by Gasteiger charge is -2.15. The minimum atomic E-state index is -0.0883. The van der Waals surface area contributed by atoms with Crippen molar-refractivity contribution in [3.05, 3.63) is 17.6 Å². The highest BCUT2D eigenvalue weighted by molar-refractivity contribution is 7.99. The van der Waals surface area contributed by atoms with Crippen molar-refractivity contribution in [2.45, 2.75) is 56.4 Å². The van der Waals surface area contributed by atoms with E-state index in [1.165, 1.54) is 37.6 Å². The number of aryl methyl sites for hydroxylation is 1. The number of nitrogens with zero attached hydrogens (tertiary/aromatic N) is 2. The molecule has 114 valence electrons. The fraction of sp³-hybridized carbons (Fsp3) is 0.688. The van der Waals surface area contributed by atoms with Crippen LogP contribution in [0.2, 0.25) is 0 Å². The average molecular weight is 306 g/mol. The van der Waals surface area contributed by atoms with Crippen LogP contribution in [0.25, 0.3) is 0 Å². The summed E-state index contributed by atoms with van der Waals surface area (Å²) in [7, 11) is 1.47. The van der Waals surface area contributed by atoms with Crippen LogP contribution in [0.3, 0.4) is 0 Å². The first kappa shape index (κ1) is 14.8. The molecule has 0 atom stereocenters. The second-order valence-corrected chi connectivity index (χ2v) is 7.17. The minimum Gasteiger partial charge on any atom is -0.469 e. The highest BCUT2D eigenvalue weighted by Gasteiger charge is 2.44. The lowest BCUT2D eigenvalue weighted by molar-refractivity contribution is -0.141. The zero-order chi connectivity index (χ0) is 14.7. The summed E-state index contributed by atoms with van der Waals surface area (Å²) >= 11 is 1.81. The van der Waals surface area contributed by atoms with Crippen molar-refractivity contribution in [3.63, 3.8) is 0 Å². The van der Waals surface area contributed by atoms with Gasteiger partial charge in [-0.15, -0.1) is 11.8 Å². The molecule has 21 heavy (non-hydrogen) atoms. The van der Waals surface area contributed by atoms with E-state index in [1.54, 1.807) is 6.33 Å². The number of thioether (sulfide) groups is 1. The van der Waals surface area contributed by atoms with Crippen molar-refractivity contribution < 1.29 is 9.53 Å². The van der Waals surface area contributed by atoms with E-state index < -0.39 is 0 Å². The Kier molecular flexibility index (Phi) is 4.48. The van der Waals surface area contributed by atoms with Gasteiger partial charge >= 0.3 is 5.97 Å². The highest BCUT2D eigenvalue weighted by atomic mass is 32.2. The third-order valence-electron chi connectivity index (χ3n) is 4.55. The van der Waals surface area contributed by atoms with Crippen LogP contribution in [-0.4, -0.2) is 28.8 Å². The molecule has 0 amide bonds. The molecule has 0 aliphatic heterocycles. The van der Waals surface area contributed by atoms with Crippen LogP contribution >= 0.6 is 11.8 Å². The summed E-state index contributed by atoms with van der Waals surface area (Å²) in [4.78, 5) is 20.5. The van der Waals surface area contributed by atoms with Gasteiger partial charge in [0.15, 0.2) is 0 Å². The first-order valence-electron chi connectivity index (χ1n) is 7.75. The third-order valence-corrected chi connectivity index (χ3v) is 5.94. The molecule has 1 aromatic rings. The smallest absolute Gasteiger partial charge is 0.306 e. The Hall–Kier alpha value is -1.10. The summed E-state index contributed by atoms with van der Waals surface area (Å²) in [6.07, 6.45) is 10.4. The first-order valence-corrected chi connectivity index (χ1v) is 8.73. The summed E-state index contributed by atoms with van der Waals surface area (Å²) in [5.74, 6) is 0.876. The van der Waals surface area contributed by atoms with E-state index in [-0.39, 0.29) is 11.4 Å². The molecule has 0 saturated heterocycles. The summed E-state index contributed by atoms with van der Waals surface area (Å²) < 4.78 is 4.81. The number of esters is 1. The van der Waals surface area contributed by atoms with Gasteiger partial charge in [-0.05, 0) is 43.9 Å². The maximum Gasteiger partial charge on any atom is 0.306 e. The molecule has 1 aromatic heterocycles. The largest absolute Gasteiger partial charge is 0.469 e. The summed E-state index contributed by atoms with van der Waals surface area (Å²) in [6, 6.07) is 0. The van der Waals surface area contributed by atoms with E-state index in [0.29, 0.717) is 6.42 Å². The van der Waals surface area contributed by atoms with E-state index in [9.17, 15) is 4.79 Å². The number of ether oxygens (including phenoxy) is 1. The molecular formula is C16H22N2O2S. The molecule has 2 aliphatic carbocycles. The summed E-state index contributed by atoms with van der Waals surface area (Å²) in [5, 5.41) is 1.14. The van der Waals surface area contributed by atoms with Gasteiger partial charge in [0.25, 0.3) is 0 Å². The van der Waals surface area contributed by atoms with Crippen LogP contribution in [0.4, 0.5) is 0 Å². The highest BCUT2D eigenvalue weighted by Crippen LogP contribution is 2.52. The Morgan fingerprint density at radius 2 is 2.10 bits per heavy atom. The minimum absolute atomic E-state index is 0.0883. The number of methoxy groups -OCH3 is 1. The van der Waals surface area contributed by atoms with Crippen molar-refractivity contribution in [2.75, 3.05) is 12.9 Å². The second kappa shape index (κ2) is 6.34. The Labute approximate surface area is 130 Å². The molecule has 3 rings (SSSR count). The molecule has 0 spiro atoms. The molecular weight excluding hydrogens is 284 g/mol. The molecule has 4 nitrogen and oxygen atoms in total. The molecule has 0 aromatic carbocycles. The van der Waals surface area contributed by atoms with Crippen LogP contribution in [0.15, 0.2) is 11.4 Å². The predicted molar refractivity (Wildman–Crippen MR) is 82.3 cm³/mol. The normalized spacial score (nSPS) is 19.5. The molecule has 0 radical (unpaired) electrons. The zero-order valence-corrected chi connectivity index (χ0v) is 13.4. The standard InChI is InChI=1S/C16H22N2O2S/c1-20-14(19)9-16(7-8-16)10-21-15-12-5-3-2-4-6-13(12)17-11-18-15/h11H,2-10H2,1H3. The molecule has 1 fully saturated rings. The van der Waals surface area contributed by atoms with Crippen LogP contribution in [0, 0.1) is 5.41 Å². The van der Waals surface area contributed by atoms with Crippen molar-refractivity contribution >= 4 is 17.7 Å². The Morgan fingerprint density at radius 1 is 1.29 bits per heavy atom. The maximum absolute atomic E-state index is 11.5. The third kappa shape index (κ3) is 3.57. The van der Waals surface area contributed by atoms with E-state index >= 15 is 0 Å². The molecule has 1 heterocycles. The van der Waals surface area contributed by atoms with Gasteiger partial charge in [-0.1, -0.05) is 6.42 Å². The first-order chi connectivity index (χ1) is 10.2. The Balaban J connectivity index is 1.67. The van der Waals surface area contributed by atoms with Crippen LogP contribution in [0.1, 0.15) is 49.8 Å². The van der Waals surface area contributed by atoms with Gasteiger partial charge in [0.05, 0.1) is 13.5 Å². The van der Waals surface area contributed by atoms with Crippen molar-refractivity contribution in [1.82, 2.24) is 9.97 Å². The second-order valence-electron chi connectivity index (χ2n) is 6.21. The van der Waals surface area contributed by atoms with Gasteiger partial charge in [0, 0.05) is 17.0 Å². The number of fused-ring (bicyclic) bond motifs is 1. The Bertz CT molecular complexity index is 529. The number of hydrogen-bond donors (Lipinski definition) is 0. The lowest BCUT2D eigenvalue weighted by Crippen LogP contribution is -2.13. The fourth-order valence-electron chi connectivity index (χ4n) is 2.94. The number of rotatable bonds is 5. The molecule has 0 bridgehead atoms. The van der Waals surface area contributed by atoms with Gasteiger partial charge in [-0.2, -0.15) is 0 Å². The lowest BCUT2D eigenvalue weighted by atomic mass is 10.1. The Morgan fingerprint density at radius 3 is 2.86 bits per heavy atom. The monoisotopic (exact) mass is 306 g/mol. The van der Waals surface area contributed by atoms with E-state index in [0.717, 1.165) is 36.5 Å². The summed E-state index contributed by atoms with van der Waals surface area (Å²) in [5.41, 5.74) is 2.75.